The van der Waals surface area contributed by atoms with Crippen molar-refractivity contribution in [3.05, 3.63) is 6.33 Å². The smallest absolute Gasteiger partial charge is 0.239 e. The monoisotopic (exact) mass is 184 g/mol. The van der Waals surface area contributed by atoms with E-state index >= 15 is 0 Å². The average molecular weight is 184 g/mol. The highest BCUT2D eigenvalue weighted by Crippen LogP contribution is 2.03. The zero-order chi connectivity index (χ0) is 9.68. The van der Waals surface area contributed by atoms with Crippen LogP contribution in [0.5, 0.6) is 0 Å². The summed E-state index contributed by atoms with van der Waals surface area (Å²) in [6.07, 6.45) is 3.89. The molecule has 0 spiro atoms. The quantitative estimate of drug-likeness (QED) is 0.742. The first kappa shape index (κ1) is 9.98. The highest BCUT2D eigenvalue weighted by atomic mass is 16.5. The molecule has 1 rings (SSSR count). The minimum absolute atomic E-state index is 0.285. The largest absolute Gasteiger partial charge is 0.367 e. The number of rotatable bonds is 5. The number of aromatic nitrogens is 3. The lowest BCUT2D eigenvalue weighted by molar-refractivity contribution is -0.00265. The fourth-order valence-corrected chi connectivity index (χ4v) is 1.08. The van der Waals surface area contributed by atoms with Crippen LogP contribution >= 0.6 is 0 Å². The summed E-state index contributed by atoms with van der Waals surface area (Å²) in [5.41, 5.74) is 5.35. The minimum Gasteiger partial charge on any atom is -0.367 e. The maximum atomic E-state index is 5.54. The van der Waals surface area contributed by atoms with Gasteiger partial charge in [0.2, 0.25) is 5.95 Å². The van der Waals surface area contributed by atoms with Gasteiger partial charge in [0.1, 0.15) is 13.1 Å². The summed E-state index contributed by atoms with van der Waals surface area (Å²) in [6, 6.07) is 0. The van der Waals surface area contributed by atoms with Crippen LogP contribution in [0.3, 0.4) is 0 Å². The molecular formula is C8H16N4O. The van der Waals surface area contributed by atoms with Crippen molar-refractivity contribution in [1.29, 1.82) is 0 Å². The molecule has 5 heteroatoms. The Balaban J connectivity index is 2.33. The second-order valence-electron chi connectivity index (χ2n) is 2.88. The van der Waals surface area contributed by atoms with Gasteiger partial charge in [0.25, 0.3) is 0 Å². The zero-order valence-corrected chi connectivity index (χ0v) is 8.10. The van der Waals surface area contributed by atoms with E-state index in [1.165, 1.54) is 0 Å². The van der Waals surface area contributed by atoms with Gasteiger partial charge in [-0.2, -0.15) is 0 Å². The summed E-state index contributed by atoms with van der Waals surface area (Å²) in [5.74, 6) is 0.285. The summed E-state index contributed by atoms with van der Waals surface area (Å²) in [6.45, 7) is 4.63. The molecule has 0 atom stereocenters. The van der Waals surface area contributed by atoms with Crippen LogP contribution in [0.15, 0.2) is 6.33 Å². The number of ether oxygens (including phenoxy) is 1. The van der Waals surface area contributed by atoms with Crippen molar-refractivity contribution in [2.45, 2.75) is 39.5 Å². The number of nitrogen functional groups attached to an aromatic ring is 1. The highest BCUT2D eigenvalue weighted by Gasteiger charge is 2.03. The van der Waals surface area contributed by atoms with Crippen LogP contribution in [0.1, 0.15) is 26.7 Å². The Kier molecular flexibility index (Phi) is 3.70. The van der Waals surface area contributed by atoms with Crippen molar-refractivity contribution < 1.29 is 4.74 Å². The number of hydrogen-bond donors (Lipinski definition) is 1. The standard InChI is InChI=1S/C8H16N4O/c1-3-7(4-2)13-6-12-5-10-8(9)11-12/h5,7H,3-4,6H2,1-2H3,(H2,9,11). The molecule has 0 aliphatic carbocycles. The van der Waals surface area contributed by atoms with E-state index in [4.69, 9.17) is 10.5 Å². The lowest BCUT2D eigenvalue weighted by Crippen LogP contribution is -2.14. The molecule has 2 N–H and O–H groups in total. The van der Waals surface area contributed by atoms with Crippen molar-refractivity contribution in [1.82, 2.24) is 14.8 Å². The molecule has 0 bridgehead atoms. The van der Waals surface area contributed by atoms with Crippen molar-refractivity contribution in [2.24, 2.45) is 0 Å². The van der Waals surface area contributed by atoms with Crippen molar-refractivity contribution >= 4 is 5.95 Å². The van der Waals surface area contributed by atoms with Crippen LogP contribution in [-0.2, 0) is 11.5 Å². The number of nitrogens with zero attached hydrogens (tertiary/aromatic N) is 3. The summed E-state index contributed by atoms with van der Waals surface area (Å²) < 4.78 is 7.14. The molecule has 0 aromatic carbocycles. The average Bonchev–Trinajstić information content (AvgIpc) is 2.53. The van der Waals surface area contributed by atoms with Gasteiger partial charge in [0.05, 0.1) is 6.10 Å². The van der Waals surface area contributed by atoms with Crippen LogP contribution in [-0.4, -0.2) is 20.9 Å². The molecule has 0 saturated heterocycles. The van der Waals surface area contributed by atoms with Gasteiger partial charge >= 0.3 is 0 Å². The Labute approximate surface area is 77.9 Å². The molecule has 0 saturated carbocycles. The molecular weight excluding hydrogens is 168 g/mol. The van der Waals surface area contributed by atoms with E-state index in [1.807, 2.05) is 0 Å². The maximum absolute atomic E-state index is 5.54. The normalized spacial score (nSPS) is 11.0. The fraction of sp³-hybridized carbons (Fsp3) is 0.750. The van der Waals surface area contributed by atoms with Gasteiger partial charge in [-0.05, 0) is 12.8 Å². The van der Waals surface area contributed by atoms with Crippen LogP contribution in [0.25, 0.3) is 0 Å². The van der Waals surface area contributed by atoms with E-state index in [1.54, 1.807) is 11.0 Å². The van der Waals surface area contributed by atoms with Crippen LogP contribution in [0.4, 0.5) is 5.95 Å². The SMILES string of the molecule is CCC(CC)OCn1cnc(N)n1. The molecule has 1 aromatic rings. The molecule has 0 fully saturated rings. The van der Waals surface area contributed by atoms with Crippen LogP contribution in [0.2, 0.25) is 0 Å². The Hall–Kier alpha value is -1.10. The van der Waals surface area contributed by atoms with Gasteiger partial charge in [-0.25, -0.2) is 9.67 Å². The first-order valence-corrected chi connectivity index (χ1v) is 4.52. The molecule has 0 amide bonds. The lowest BCUT2D eigenvalue weighted by Gasteiger charge is -2.12. The number of anilines is 1. The third kappa shape index (κ3) is 3.02. The van der Waals surface area contributed by atoms with Gasteiger partial charge in [0, 0.05) is 0 Å². The van der Waals surface area contributed by atoms with E-state index < -0.39 is 0 Å². The second-order valence-corrected chi connectivity index (χ2v) is 2.88. The van der Waals surface area contributed by atoms with Crippen LogP contribution < -0.4 is 5.73 Å². The molecule has 5 nitrogen and oxygen atoms in total. The zero-order valence-electron chi connectivity index (χ0n) is 8.10. The molecule has 0 radical (unpaired) electrons. The predicted molar refractivity (Wildman–Crippen MR) is 49.9 cm³/mol. The Morgan fingerprint density at radius 2 is 2.23 bits per heavy atom. The predicted octanol–water partition coefficient (Wildman–Crippen LogP) is 1.02. The summed E-state index contributed by atoms with van der Waals surface area (Å²) in [5, 5.41) is 3.91. The fourth-order valence-electron chi connectivity index (χ4n) is 1.08. The van der Waals surface area contributed by atoms with E-state index in [0.717, 1.165) is 12.8 Å². The molecule has 74 valence electrons. The molecule has 1 heterocycles. The molecule has 13 heavy (non-hydrogen) atoms. The molecule has 0 aliphatic rings. The highest BCUT2D eigenvalue weighted by molar-refractivity contribution is 5.08. The van der Waals surface area contributed by atoms with E-state index in [2.05, 4.69) is 23.9 Å². The Morgan fingerprint density at radius 3 is 2.69 bits per heavy atom. The van der Waals surface area contributed by atoms with E-state index in [9.17, 15) is 0 Å². The molecule has 0 unspecified atom stereocenters. The van der Waals surface area contributed by atoms with Gasteiger partial charge in [-0.15, -0.1) is 5.10 Å². The molecule has 1 aromatic heterocycles. The van der Waals surface area contributed by atoms with Gasteiger partial charge in [-0.3, -0.25) is 0 Å². The van der Waals surface area contributed by atoms with Crippen molar-refractivity contribution in [2.75, 3.05) is 5.73 Å². The molecule has 0 aliphatic heterocycles. The van der Waals surface area contributed by atoms with E-state index in [0.29, 0.717) is 12.8 Å². The van der Waals surface area contributed by atoms with E-state index in [-0.39, 0.29) is 5.95 Å². The number of nitrogens with two attached hydrogens (primary N) is 1. The second kappa shape index (κ2) is 4.81. The first-order valence-electron chi connectivity index (χ1n) is 4.52. The van der Waals surface area contributed by atoms with Gasteiger partial charge < -0.3 is 10.5 Å². The summed E-state index contributed by atoms with van der Waals surface area (Å²) in [4.78, 5) is 3.80. The van der Waals surface area contributed by atoms with Gasteiger partial charge in [0.15, 0.2) is 0 Å². The first-order chi connectivity index (χ1) is 6.26. The minimum atomic E-state index is 0.285. The van der Waals surface area contributed by atoms with Crippen molar-refractivity contribution in [3.8, 4) is 0 Å². The summed E-state index contributed by atoms with van der Waals surface area (Å²) in [7, 11) is 0. The van der Waals surface area contributed by atoms with Crippen molar-refractivity contribution in [3.63, 3.8) is 0 Å². The number of hydrogen-bond acceptors (Lipinski definition) is 4. The lowest BCUT2D eigenvalue weighted by atomic mass is 10.2. The third-order valence-corrected chi connectivity index (χ3v) is 1.91. The maximum Gasteiger partial charge on any atom is 0.239 e. The Bertz CT molecular complexity index is 244. The third-order valence-electron chi connectivity index (χ3n) is 1.91. The summed E-state index contributed by atoms with van der Waals surface area (Å²) >= 11 is 0. The van der Waals surface area contributed by atoms with Gasteiger partial charge in [-0.1, -0.05) is 13.8 Å². The van der Waals surface area contributed by atoms with Crippen LogP contribution in [0, 0.1) is 0 Å². The topological polar surface area (TPSA) is 66.0 Å². The Morgan fingerprint density at radius 1 is 1.54 bits per heavy atom.